The smallest absolute Gasteiger partial charge is 0.126 e. The molecule has 0 saturated carbocycles. The van der Waals surface area contributed by atoms with Crippen LogP contribution in [0.5, 0.6) is 0 Å². The Hall–Kier alpha value is -1.62. The minimum atomic E-state index is 0.0659. The van der Waals surface area contributed by atoms with Crippen molar-refractivity contribution in [1.82, 2.24) is 4.98 Å². The minimum absolute atomic E-state index is 0.0659. The van der Waals surface area contributed by atoms with Gasteiger partial charge in [-0.05, 0) is 25.8 Å². The molecule has 0 aliphatic rings. The molecule has 112 valence electrons. The van der Waals surface area contributed by atoms with Crippen molar-refractivity contribution in [2.75, 3.05) is 31.7 Å². The molecule has 0 unspecified atom stereocenters. The molecule has 0 fully saturated rings. The fourth-order valence-electron chi connectivity index (χ4n) is 2.34. The van der Waals surface area contributed by atoms with Crippen LogP contribution in [0.4, 0.5) is 5.69 Å². The normalized spacial score (nSPS) is 10.9. The number of amidine groups is 1. The predicted molar refractivity (Wildman–Crippen MR) is 83.7 cm³/mol. The van der Waals surface area contributed by atoms with Gasteiger partial charge < -0.3 is 15.4 Å². The van der Waals surface area contributed by atoms with E-state index in [9.17, 15) is 0 Å². The maximum absolute atomic E-state index is 7.82. The van der Waals surface area contributed by atoms with Crippen molar-refractivity contribution in [1.29, 1.82) is 5.41 Å². The Morgan fingerprint density at radius 1 is 1.45 bits per heavy atom. The second-order valence-electron chi connectivity index (χ2n) is 5.49. The molecular weight excluding hydrogens is 252 g/mol. The molecule has 0 atom stereocenters. The maximum atomic E-state index is 7.82. The first-order valence-corrected chi connectivity index (χ1v) is 6.93. The zero-order chi connectivity index (χ0) is 15.3. The molecule has 20 heavy (non-hydrogen) atoms. The molecular formula is C15H26N4O. The lowest BCUT2D eigenvalue weighted by Crippen LogP contribution is -2.33. The summed E-state index contributed by atoms with van der Waals surface area (Å²) in [6.45, 7) is 10.5. The molecule has 1 heterocycles. The van der Waals surface area contributed by atoms with Gasteiger partial charge in [-0.25, -0.2) is 0 Å². The number of methoxy groups -OCH3 is 1. The first kappa shape index (κ1) is 16.4. The van der Waals surface area contributed by atoms with E-state index in [1.807, 2.05) is 19.9 Å². The fourth-order valence-corrected chi connectivity index (χ4v) is 2.34. The summed E-state index contributed by atoms with van der Waals surface area (Å²) in [7, 11) is 1.70. The number of hydrogen-bond donors (Lipinski definition) is 2. The van der Waals surface area contributed by atoms with Crippen molar-refractivity contribution in [3.05, 3.63) is 23.0 Å². The van der Waals surface area contributed by atoms with Crippen molar-refractivity contribution in [2.45, 2.75) is 27.7 Å². The number of anilines is 1. The highest BCUT2D eigenvalue weighted by molar-refractivity contribution is 6.01. The minimum Gasteiger partial charge on any atom is -0.384 e. The lowest BCUT2D eigenvalue weighted by Gasteiger charge is -2.29. The third-order valence-corrected chi connectivity index (χ3v) is 3.07. The quantitative estimate of drug-likeness (QED) is 0.591. The third-order valence-electron chi connectivity index (χ3n) is 3.07. The number of nitrogens with one attached hydrogen (secondary N) is 1. The summed E-state index contributed by atoms with van der Waals surface area (Å²) in [5.74, 6) is 0.580. The topological polar surface area (TPSA) is 75.2 Å². The summed E-state index contributed by atoms with van der Waals surface area (Å²) in [5.41, 5.74) is 9.20. The van der Waals surface area contributed by atoms with Crippen LogP contribution in [0.3, 0.4) is 0 Å². The Bertz CT molecular complexity index is 471. The Morgan fingerprint density at radius 3 is 2.60 bits per heavy atom. The van der Waals surface area contributed by atoms with Crippen LogP contribution in [0.2, 0.25) is 0 Å². The van der Waals surface area contributed by atoms with Crippen LogP contribution in [-0.2, 0) is 4.74 Å². The highest BCUT2D eigenvalue weighted by Gasteiger charge is 2.17. The molecule has 5 heteroatoms. The van der Waals surface area contributed by atoms with Gasteiger partial charge in [0.05, 0.1) is 23.6 Å². The summed E-state index contributed by atoms with van der Waals surface area (Å²) < 4.78 is 5.19. The van der Waals surface area contributed by atoms with Gasteiger partial charge in [0.1, 0.15) is 5.84 Å². The molecule has 0 amide bonds. The van der Waals surface area contributed by atoms with Crippen LogP contribution in [0.25, 0.3) is 0 Å². The van der Waals surface area contributed by atoms with Gasteiger partial charge in [-0.1, -0.05) is 13.8 Å². The van der Waals surface area contributed by atoms with E-state index in [1.165, 1.54) is 0 Å². The summed E-state index contributed by atoms with van der Waals surface area (Å²) in [4.78, 5) is 6.65. The Kier molecular flexibility index (Phi) is 5.95. The van der Waals surface area contributed by atoms with Crippen LogP contribution in [0.15, 0.2) is 6.07 Å². The van der Waals surface area contributed by atoms with Crippen LogP contribution < -0.4 is 10.6 Å². The van der Waals surface area contributed by atoms with E-state index in [0.717, 1.165) is 35.7 Å². The number of aromatic nitrogens is 1. The van der Waals surface area contributed by atoms with E-state index in [-0.39, 0.29) is 5.84 Å². The molecule has 0 saturated heterocycles. The zero-order valence-corrected chi connectivity index (χ0v) is 13.2. The van der Waals surface area contributed by atoms with Crippen molar-refractivity contribution in [3.8, 4) is 0 Å². The lowest BCUT2D eigenvalue weighted by molar-refractivity contribution is 0.204. The van der Waals surface area contributed by atoms with Crippen LogP contribution >= 0.6 is 0 Å². The molecule has 0 aliphatic carbocycles. The van der Waals surface area contributed by atoms with Crippen molar-refractivity contribution < 1.29 is 4.74 Å². The van der Waals surface area contributed by atoms with Crippen LogP contribution in [0.1, 0.15) is 30.8 Å². The molecule has 0 bridgehead atoms. The Balaban J connectivity index is 3.25. The second-order valence-corrected chi connectivity index (χ2v) is 5.49. The molecule has 0 spiro atoms. The molecule has 0 aliphatic heterocycles. The molecule has 1 aromatic heterocycles. The van der Waals surface area contributed by atoms with Gasteiger partial charge in [0.25, 0.3) is 0 Å². The molecule has 0 radical (unpaired) electrons. The number of aryl methyl sites for hydroxylation is 2. The highest BCUT2D eigenvalue weighted by atomic mass is 16.5. The van der Waals surface area contributed by atoms with Gasteiger partial charge >= 0.3 is 0 Å². The zero-order valence-electron chi connectivity index (χ0n) is 13.2. The first-order valence-electron chi connectivity index (χ1n) is 6.93. The fraction of sp³-hybridized carbons (Fsp3) is 0.600. The maximum Gasteiger partial charge on any atom is 0.126 e. The number of nitrogen functional groups attached to an aromatic ring is 1. The summed E-state index contributed by atoms with van der Waals surface area (Å²) in [6.07, 6.45) is 0. The third kappa shape index (κ3) is 4.20. The average molecular weight is 278 g/mol. The number of nitrogens with two attached hydrogens (primary N) is 1. The van der Waals surface area contributed by atoms with E-state index in [4.69, 9.17) is 15.9 Å². The van der Waals surface area contributed by atoms with E-state index in [0.29, 0.717) is 12.5 Å². The summed E-state index contributed by atoms with van der Waals surface area (Å²) in [6, 6.07) is 2.00. The van der Waals surface area contributed by atoms with E-state index >= 15 is 0 Å². The number of rotatable bonds is 7. The van der Waals surface area contributed by atoms with Crippen LogP contribution in [-0.4, -0.2) is 37.6 Å². The summed E-state index contributed by atoms with van der Waals surface area (Å²) >= 11 is 0. The van der Waals surface area contributed by atoms with E-state index in [2.05, 4.69) is 23.7 Å². The SMILES string of the molecule is COCCN(CC(C)C)c1cc(C)nc(C)c1C(=N)N. The molecule has 1 rings (SSSR count). The number of pyridine rings is 1. The van der Waals surface area contributed by atoms with Gasteiger partial charge in [0, 0.05) is 25.9 Å². The Morgan fingerprint density at radius 2 is 2.10 bits per heavy atom. The van der Waals surface area contributed by atoms with Crippen molar-refractivity contribution in [3.63, 3.8) is 0 Å². The predicted octanol–water partition coefficient (Wildman–Crippen LogP) is 2.09. The van der Waals surface area contributed by atoms with Crippen LogP contribution in [0, 0.1) is 25.2 Å². The number of nitrogens with zero attached hydrogens (tertiary/aromatic N) is 2. The lowest BCUT2D eigenvalue weighted by atomic mass is 10.1. The van der Waals surface area contributed by atoms with Gasteiger partial charge in [0.2, 0.25) is 0 Å². The van der Waals surface area contributed by atoms with Gasteiger partial charge in [-0.2, -0.15) is 0 Å². The molecule has 3 N–H and O–H groups in total. The standard InChI is InChI=1S/C15H26N4O/c1-10(2)9-19(6-7-20-5)13-8-11(3)18-12(4)14(13)15(16)17/h8,10H,6-7,9H2,1-5H3,(H3,16,17). The summed E-state index contributed by atoms with van der Waals surface area (Å²) in [5, 5.41) is 7.82. The van der Waals surface area contributed by atoms with Gasteiger partial charge in [-0.3, -0.25) is 10.4 Å². The van der Waals surface area contributed by atoms with Gasteiger partial charge in [0.15, 0.2) is 0 Å². The first-order chi connectivity index (χ1) is 9.36. The molecule has 0 aromatic carbocycles. The molecule has 5 nitrogen and oxygen atoms in total. The van der Waals surface area contributed by atoms with Crippen molar-refractivity contribution >= 4 is 11.5 Å². The average Bonchev–Trinajstić information content (AvgIpc) is 2.32. The number of hydrogen-bond acceptors (Lipinski definition) is 4. The van der Waals surface area contributed by atoms with E-state index in [1.54, 1.807) is 7.11 Å². The highest BCUT2D eigenvalue weighted by Crippen LogP contribution is 2.24. The van der Waals surface area contributed by atoms with Crippen molar-refractivity contribution in [2.24, 2.45) is 11.7 Å². The Labute approximate surface area is 121 Å². The molecule has 1 aromatic rings. The second kappa shape index (κ2) is 7.24. The monoisotopic (exact) mass is 278 g/mol. The largest absolute Gasteiger partial charge is 0.384 e. The van der Waals surface area contributed by atoms with Gasteiger partial charge in [-0.15, -0.1) is 0 Å². The number of ether oxygens (including phenoxy) is 1. The van der Waals surface area contributed by atoms with E-state index < -0.39 is 0 Å².